The van der Waals surface area contributed by atoms with Gasteiger partial charge in [0, 0.05) is 18.6 Å². The number of carbonyl (C=O) groups excluding carboxylic acids is 1. The second kappa shape index (κ2) is 6.75. The molecule has 132 valence electrons. The molecule has 4 unspecified atom stereocenters. The fourth-order valence-corrected chi connectivity index (χ4v) is 4.79. The predicted molar refractivity (Wildman–Crippen MR) is 91.2 cm³/mol. The number of hydrogen-bond acceptors (Lipinski definition) is 4. The highest BCUT2D eigenvalue weighted by atomic mass is 16.6. The van der Waals surface area contributed by atoms with Crippen LogP contribution in [0.15, 0.2) is 34.2 Å². The average Bonchev–Trinajstić information content (AvgIpc) is 3.17. The van der Waals surface area contributed by atoms with Gasteiger partial charge in [-0.15, -0.1) is 0 Å². The van der Waals surface area contributed by atoms with Crippen molar-refractivity contribution in [2.75, 3.05) is 6.61 Å². The highest BCUT2D eigenvalue weighted by molar-refractivity contribution is 5.81. The first kappa shape index (κ1) is 17.3. The van der Waals surface area contributed by atoms with Crippen LogP contribution in [0.25, 0.3) is 0 Å². The van der Waals surface area contributed by atoms with Gasteiger partial charge in [-0.3, -0.25) is 4.79 Å². The maximum Gasteiger partial charge on any atom is 0.313 e. The summed E-state index contributed by atoms with van der Waals surface area (Å²) in [6.07, 6.45) is 7.42. The number of aliphatic hydroxyl groups is 1. The van der Waals surface area contributed by atoms with Gasteiger partial charge in [-0.25, -0.2) is 0 Å². The molecule has 2 aliphatic rings. The minimum atomic E-state index is -0.470. The first-order valence-electron chi connectivity index (χ1n) is 9.01. The van der Waals surface area contributed by atoms with E-state index in [-0.39, 0.29) is 30.5 Å². The standard InChI is InChI=1S/C20H28O4/c1-13(2)16-7-6-14(3)20(17(16)5-4-9-21)11-18(24-19(20)22)15-8-10-23-12-15/h8,10,12,14,17-18,21H,4-7,9,11H2,1-3H3. The third-order valence-corrected chi connectivity index (χ3v) is 6.13. The highest BCUT2D eigenvalue weighted by Crippen LogP contribution is 2.59. The summed E-state index contributed by atoms with van der Waals surface area (Å²) in [5.41, 5.74) is 3.18. The zero-order valence-corrected chi connectivity index (χ0v) is 14.9. The Kier molecular flexibility index (Phi) is 4.86. The van der Waals surface area contributed by atoms with E-state index >= 15 is 0 Å². The predicted octanol–water partition coefficient (Wildman–Crippen LogP) is 4.41. The van der Waals surface area contributed by atoms with Gasteiger partial charge in [0.2, 0.25) is 0 Å². The zero-order valence-electron chi connectivity index (χ0n) is 14.9. The van der Waals surface area contributed by atoms with Gasteiger partial charge in [-0.1, -0.05) is 18.1 Å². The third kappa shape index (κ3) is 2.71. The summed E-state index contributed by atoms with van der Waals surface area (Å²) in [6, 6.07) is 1.88. The van der Waals surface area contributed by atoms with E-state index in [1.807, 2.05) is 6.07 Å². The zero-order chi connectivity index (χ0) is 17.3. The van der Waals surface area contributed by atoms with E-state index in [1.165, 1.54) is 11.1 Å². The molecular weight excluding hydrogens is 304 g/mol. The SMILES string of the molecule is CC(C)=C1CCC(C)C2(CC(c3ccoc3)OC2=O)C1CCCO. The van der Waals surface area contributed by atoms with E-state index in [0.717, 1.165) is 31.2 Å². The van der Waals surface area contributed by atoms with Crippen molar-refractivity contribution in [3.8, 4) is 0 Å². The summed E-state index contributed by atoms with van der Waals surface area (Å²) < 4.78 is 11.0. The Labute approximate surface area is 143 Å². The molecule has 0 radical (unpaired) electrons. The number of rotatable bonds is 4. The molecule has 0 amide bonds. The molecule has 4 atom stereocenters. The molecule has 4 nitrogen and oxygen atoms in total. The van der Waals surface area contributed by atoms with E-state index in [0.29, 0.717) is 6.42 Å². The van der Waals surface area contributed by atoms with Crippen LogP contribution in [0.3, 0.4) is 0 Å². The Morgan fingerprint density at radius 3 is 2.83 bits per heavy atom. The summed E-state index contributed by atoms with van der Waals surface area (Å²) in [7, 11) is 0. The van der Waals surface area contributed by atoms with Crippen molar-refractivity contribution in [3.63, 3.8) is 0 Å². The number of furan rings is 1. The van der Waals surface area contributed by atoms with E-state index in [9.17, 15) is 9.90 Å². The number of ether oxygens (including phenoxy) is 1. The number of aliphatic hydroxyl groups excluding tert-OH is 1. The van der Waals surface area contributed by atoms with Crippen LogP contribution >= 0.6 is 0 Å². The minimum Gasteiger partial charge on any atom is -0.472 e. The molecule has 0 aromatic carbocycles. The molecule has 1 aromatic heterocycles. The Hall–Kier alpha value is -1.55. The van der Waals surface area contributed by atoms with E-state index in [1.54, 1.807) is 12.5 Å². The molecule has 1 aromatic rings. The van der Waals surface area contributed by atoms with Gasteiger partial charge in [0.1, 0.15) is 6.10 Å². The van der Waals surface area contributed by atoms with Crippen LogP contribution in [0.5, 0.6) is 0 Å². The third-order valence-electron chi connectivity index (χ3n) is 6.13. The Balaban J connectivity index is 1.99. The van der Waals surface area contributed by atoms with Crippen LogP contribution in [-0.4, -0.2) is 17.7 Å². The lowest BCUT2D eigenvalue weighted by atomic mass is 9.56. The highest BCUT2D eigenvalue weighted by Gasteiger charge is 2.59. The van der Waals surface area contributed by atoms with Crippen LogP contribution in [0.4, 0.5) is 0 Å². The molecule has 4 heteroatoms. The van der Waals surface area contributed by atoms with Crippen molar-refractivity contribution in [3.05, 3.63) is 35.3 Å². The van der Waals surface area contributed by atoms with Crippen LogP contribution < -0.4 is 0 Å². The second-order valence-corrected chi connectivity index (χ2v) is 7.58. The molecule has 0 bridgehead atoms. The van der Waals surface area contributed by atoms with Crippen molar-refractivity contribution >= 4 is 5.97 Å². The summed E-state index contributed by atoms with van der Waals surface area (Å²) in [5, 5.41) is 9.34. The molecule has 2 fully saturated rings. The Morgan fingerprint density at radius 1 is 1.42 bits per heavy atom. The fraction of sp³-hybridized carbons (Fsp3) is 0.650. The molecule has 1 aliphatic heterocycles. The summed E-state index contributed by atoms with van der Waals surface area (Å²) in [5.74, 6) is 0.388. The molecule has 1 N–H and O–H groups in total. The van der Waals surface area contributed by atoms with Gasteiger partial charge in [0.25, 0.3) is 0 Å². The van der Waals surface area contributed by atoms with Crippen molar-refractivity contribution in [2.24, 2.45) is 17.3 Å². The normalized spacial score (nSPS) is 33.1. The second-order valence-electron chi connectivity index (χ2n) is 7.58. The van der Waals surface area contributed by atoms with Gasteiger partial charge in [-0.05, 0) is 57.4 Å². The molecule has 1 saturated carbocycles. The fourth-order valence-electron chi connectivity index (χ4n) is 4.79. The van der Waals surface area contributed by atoms with E-state index in [4.69, 9.17) is 9.15 Å². The molecular formula is C20H28O4. The molecule has 3 rings (SSSR count). The smallest absolute Gasteiger partial charge is 0.313 e. The Bertz CT molecular complexity index is 612. The Morgan fingerprint density at radius 2 is 2.21 bits per heavy atom. The molecule has 1 spiro atoms. The lowest BCUT2D eigenvalue weighted by molar-refractivity contribution is -0.154. The number of allylic oxidation sites excluding steroid dienone is 2. The maximum absolute atomic E-state index is 13.1. The summed E-state index contributed by atoms with van der Waals surface area (Å²) in [6.45, 7) is 6.63. The number of carbonyl (C=O) groups is 1. The monoisotopic (exact) mass is 332 g/mol. The summed E-state index contributed by atoms with van der Waals surface area (Å²) in [4.78, 5) is 13.1. The quantitative estimate of drug-likeness (QED) is 0.655. The van der Waals surface area contributed by atoms with Gasteiger partial charge in [-0.2, -0.15) is 0 Å². The van der Waals surface area contributed by atoms with E-state index in [2.05, 4.69) is 20.8 Å². The van der Waals surface area contributed by atoms with E-state index < -0.39 is 5.41 Å². The van der Waals surface area contributed by atoms with Crippen molar-refractivity contribution in [1.29, 1.82) is 0 Å². The van der Waals surface area contributed by atoms with Crippen molar-refractivity contribution in [2.45, 2.75) is 59.0 Å². The maximum atomic E-state index is 13.1. The molecule has 24 heavy (non-hydrogen) atoms. The number of cyclic esters (lactones) is 1. The average molecular weight is 332 g/mol. The van der Waals surface area contributed by atoms with Crippen LogP contribution in [0.1, 0.15) is 64.5 Å². The lowest BCUT2D eigenvalue weighted by Gasteiger charge is -2.45. The largest absolute Gasteiger partial charge is 0.472 e. The van der Waals surface area contributed by atoms with Crippen LogP contribution in [-0.2, 0) is 9.53 Å². The van der Waals surface area contributed by atoms with Crippen molar-refractivity contribution < 1.29 is 19.1 Å². The van der Waals surface area contributed by atoms with Gasteiger partial charge >= 0.3 is 5.97 Å². The number of hydrogen-bond donors (Lipinski definition) is 1. The van der Waals surface area contributed by atoms with Crippen LogP contribution in [0, 0.1) is 17.3 Å². The molecule has 2 heterocycles. The first-order chi connectivity index (χ1) is 11.5. The van der Waals surface area contributed by atoms with Crippen LogP contribution in [0.2, 0.25) is 0 Å². The topological polar surface area (TPSA) is 59.7 Å². The summed E-state index contributed by atoms with van der Waals surface area (Å²) >= 11 is 0. The number of esters is 1. The first-order valence-corrected chi connectivity index (χ1v) is 9.01. The van der Waals surface area contributed by atoms with Gasteiger partial charge in [0.15, 0.2) is 0 Å². The minimum absolute atomic E-state index is 0.0670. The molecule has 1 aliphatic carbocycles. The van der Waals surface area contributed by atoms with Crippen molar-refractivity contribution in [1.82, 2.24) is 0 Å². The lowest BCUT2D eigenvalue weighted by Crippen LogP contribution is -2.45. The van der Waals surface area contributed by atoms with Gasteiger partial charge < -0.3 is 14.3 Å². The van der Waals surface area contributed by atoms with Gasteiger partial charge in [0.05, 0.1) is 17.9 Å². The molecule has 1 saturated heterocycles.